The molecule has 3 heterocycles. The van der Waals surface area contributed by atoms with Crippen LogP contribution in [0.4, 0.5) is 9.18 Å². The van der Waals surface area contributed by atoms with Crippen LogP contribution in [0, 0.1) is 5.82 Å². The van der Waals surface area contributed by atoms with Gasteiger partial charge in [-0.25, -0.2) is 9.18 Å². The number of amides is 2. The fourth-order valence-electron chi connectivity index (χ4n) is 3.74. The first-order chi connectivity index (χ1) is 13.2. The molecule has 5 nitrogen and oxygen atoms in total. The number of rotatable bonds is 3. The van der Waals surface area contributed by atoms with Gasteiger partial charge in [0, 0.05) is 37.2 Å². The maximum atomic E-state index is 13.4. The molecule has 0 bridgehead atoms. The highest BCUT2D eigenvalue weighted by Crippen LogP contribution is 2.38. The molecule has 1 aromatic carbocycles. The van der Waals surface area contributed by atoms with Crippen LogP contribution in [-0.4, -0.2) is 34.5 Å². The van der Waals surface area contributed by atoms with Crippen LogP contribution in [0.2, 0.25) is 0 Å². The molecule has 27 heavy (non-hydrogen) atoms. The Morgan fingerprint density at radius 1 is 1.19 bits per heavy atom. The second-order valence-corrected chi connectivity index (χ2v) is 6.66. The Bertz CT molecular complexity index is 937. The van der Waals surface area contributed by atoms with Gasteiger partial charge in [-0.15, -0.1) is 0 Å². The number of hydrogen-bond acceptors (Lipinski definition) is 2. The molecule has 3 aromatic rings. The molecule has 6 heteroatoms. The van der Waals surface area contributed by atoms with E-state index < -0.39 is 0 Å². The number of halogens is 1. The predicted octanol–water partition coefficient (Wildman–Crippen LogP) is 4.36. The number of pyridine rings is 1. The maximum Gasteiger partial charge on any atom is 0.317 e. The SMILES string of the molecule is CNC(=O)N1CCCC1c1cc(-c2ccncc2)c(-c2ccc(F)cc2)[nH]1. The zero-order valence-corrected chi connectivity index (χ0v) is 15.1. The lowest BCUT2D eigenvalue weighted by molar-refractivity contribution is 0.194. The van der Waals surface area contributed by atoms with Crippen molar-refractivity contribution in [2.75, 3.05) is 13.6 Å². The Labute approximate surface area is 157 Å². The lowest BCUT2D eigenvalue weighted by atomic mass is 10.0. The number of carbonyl (C=O) groups excluding carboxylic acids is 1. The van der Waals surface area contributed by atoms with E-state index >= 15 is 0 Å². The number of benzene rings is 1. The summed E-state index contributed by atoms with van der Waals surface area (Å²) in [7, 11) is 1.65. The zero-order valence-electron chi connectivity index (χ0n) is 15.1. The highest BCUT2D eigenvalue weighted by molar-refractivity contribution is 5.82. The molecule has 1 aliphatic rings. The van der Waals surface area contributed by atoms with Crippen molar-refractivity contribution in [3.63, 3.8) is 0 Å². The van der Waals surface area contributed by atoms with Crippen LogP contribution in [0.1, 0.15) is 24.6 Å². The summed E-state index contributed by atoms with van der Waals surface area (Å²) >= 11 is 0. The third kappa shape index (κ3) is 3.30. The molecule has 0 spiro atoms. The van der Waals surface area contributed by atoms with E-state index in [1.807, 2.05) is 17.0 Å². The zero-order chi connectivity index (χ0) is 18.8. The average Bonchev–Trinajstić information content (AvgIpc) is 3.36. The van der Waals surface area contributed by atoms with Gasteiger partial charge in [0.1, 0.15) is 5.82 Å². The fourth-order valence-corrected chi connectivity index (χ4v) is 3.74. The van der Waals surface area contributed by atoms with Crippen molar-refractivity contribution in [1.29, 1.82) is 0 Å². The van der Waals surface area contributed by atoms with E-state index in [-0.39, 0.29) is 17.9 Å². The van der Waals surface area contributed by atoms with Crippen LogP contribution < -0.4 is 5.32 Å². The van der Waals surface area contributed by atoms with E-state index in [0.29, 0.717) is 0 Å². The number of carbonyl (C=O) groups is 1. The van der Waals surface area contributed by atoms with Crippen LogP contribution in [-0.2, 0) is 0 Å². The summed E-state index contributed by atoms with van der Waals surface area (Å²) < 4.78 is 13.4. The van der Waals surface area contributed by atoms with E-state index in [1.54, 1.807) is 31.6 Å². The van der Waals surface area contributed by atoms with Crippen LogP contribution >= 0.6 is 0 Å². The smallest absolute Gasteiger partial charge is 0.317 e. The molecule has 1 atom stereocenters. The molecule has 1 unspecified atom stereocenters. The Kier molecular flexibility index (Phi) is 4.62. The summed E-state index contributed by atoms with van der Waals surface area (Å²) in [5.74, 6) is -0.266. The van der Waals surface area contributed by atoms with Gasteiger partial charge in [0.2, 0.25) is 0 Å². The van der Waals surface area contributed by atoms with E-state index in [2.05, 4.69) is 21.4 Å². The summed E-state index contributed by atoms with van der Waals surface area (Å²) in [5, 5.41) is 2.72. The van der Waals surface area contributed by atoms with Gasteiger partial charge in [-0.3, -0.25) is 4.98 Å². The third-order valence-electron chi connectivity index (χ3n) is 5.05. The van der Waals surface area contributed by atoms with Crippen molar-refractivity contribution < 1.29 is 9.18 Å². The summed E-state index contributed by atoms with van der Waals surface area (Å²) in [6, 6.07) is 12.4. The van der Waals surface area contributed by atoms with E-state index in [4.69, 9.17) is 0 Å². The van der Waals surface area contributed by atoms with Gasteiger partial charge in [-0.05, 0) is 66.4 Å². The summed E-state index contributed by atoms with van der Waals surface area (Å²) in [6.45, 7) is 0.736. The number of aromatic nitrogens is 2. The predicted molar refractivity (Wildman–Crippen MR) is 103 cm³/mol. The Morgan fingerprint density at radius 3 is 2.63 bits per heavy atom. The Hall–Kier alpha value is -3.15. The van der Waals surface area contributed by atoms with Crippen molar-refractivity contribution in [3.8, 4) is 22.4 Å². The topological polar surface area (TPSA) is 61.0 Å². The van der Waals surface area contributed by atoms with Gasteiger partial charge in [0.25, 0.3) is 0 Å². The molecule has 1 fully saturated rings. The quantitative estimate of drug-likeness (QED) is 0.725. The lowest BCUT2D eigenvalue weighted by Gasteiger charge is -2.23. The Morgan fingerprint density at radius 2 is 1.93 bits per heavy atom. The summed E-state index contributed by atoms with van der Waals surface area (Å²) in [6.07, 6.45) is 5.38. The second kappa shape index (κ2) is 7.23. The first-order valence-corrected chi connectivity index (χ1v) is 9.05. The third-order valence-corrected chi connectivity index (χ3v) is 5.05. The standard InChI is InChI=1S/C21H21FN4O/c1-23-21(27)26-12-2-3-19(26)18-13-17(14-8-10-24-11-9-14)20(25-18)15-4-6-16(22)7-5-15/h4-11,13,19,25H,2-3,12H2,1H3,(H,23,27). The largest absolute Gasteiger partial charge is 0.356 e. The molecular weight excluding hydrogens is 343 g/mol. The van der Waals surface area contributed by atoms with E-state index in [0.717, 1.165) is 47.5 Å². The number of nitrogens with one attached hydrogen (secondary N) is 2. The molecule has 0 saturated carbocycles. The first kappa shape index (κ1) is 17.3. The molecule has 2 N–H and O–H groups in total. The van der Waals surface area contributed by atoms with E-state index in [1.165, 1.54) is 12.1 Å². The molecule has 0 radical (unpaired) electrons. The van der Waals surface area contributed by atoms with Crippen molar-refractivity contribution >= 4 is 6.03 Å². The van der Waals surface area contributed by atoms with Gasteiger partial charge in [-0.1, -0.05) is 0 Å². The van der Waals surface area contributed by atoms with Crippen LogP contribution in [0.3, 0.4) is 0 Å². The molecule has 2 aromatic heterocycles. The van der Waals surface area contributed by atoms with E-state index in [9.17, 15) is 9.18 Å². The number of aromatic amines is 1. The number of H-pyrrole nitrogens is 1. The van der Waals surface area contributed by atoms with Crippen LogP contribution in [0.25, 0.3) is 22.4 Å². The molecule has 4 rings (SSSR count). The van der Waals surface area contributed by atoms with Crippen molar-refractivity contribution in [3.05, 3.63) is 66.4 Å². The minimum Gasteiger partial charge on any atom is -0.356 e. The Balaban J connectivity index is 1.80. The monoisotopic (exact) mass is 364 g/mol. The first-order valence-electron chi connectivity index (χ1n) is 9.05. The highest BCUT2D eigenvalue weighted by Gasteiger charge is 2.31. The molecule has 2 amide bonds. The maximum absolute atomic E-state index is 13.4. The second-order valence-electron chi connectivity index (χ2n) is 6.66. The molecule has 138 valence electrons. The van der Waals surface area contributed by atoms with Gasteiger partial charge in [0.15, 0.2) is 0 Å². The number of hydrogen-bond donors (Lipinski definition) is 2. The number of urea groups is 1. The minimum absolute atomic E-state index is 0.000245. The summed E-state index contributed by atoms with van der Waals surface area (Å²) in [5.41, 5.74) is 4.85. The molecule has 1 aliphatic heterocycles. The number of likely N-dealkylation sites (tertiary alicyclic amines) is 1. The normalized spacial score (nSPS) is 16.5. The van der Waals surface area contributed by atoms with Crippen LogP contribution in [0.15, 0.2) is 54.9 Å². The van der Waals surface area contributed by atoms with Gasteiger partial charge < -0.3 is 15.2 Å². The van der Waals surface area contributed by atoms with Gasteiger partial charge >= 0.3 is 6.03 Å². The van der Waals surface area contributed by atoms with Gasteiger partial charge in [0.05, 0.1) is 11.7 Å². The highest BCUT2D eigenvalue weighted by atomic mass is 19.1. The lowest BCUT2D eigenvalue weighted by Crippen LogP contribution is -2.37. The molecule has 0 aliphatic carbocycles. The minimum atomic E-state index is -0.266. The molecule has 1 saturated heterocycles. The fraction of sp³-hybridized carbons (Fsp3) is 0.238. The van der Waals surface area contributed by atoms with Gasteiger partial charge in [-0.2, -0.15) is 0 Å². The number of nitrogens with zero attached hydrogens (tertiary/aromatic N) is 2. The van der Waals surface area contributed by atoms with Crippen molar-refractivity contribution in [1.82, 2.24) is 20.2 Å². The summed E-state index contributed by atoms with van der Waals surface area (Å²) in [4.78, 5) is 21.7. The van der Waals surface area contributed by atoms with Crippen molar-refractivity contribution in [2.45, 2.75) is 18.9 Å². The van der Waals surface area contributed by atoms with Crippen LogP contribution in [0.5, 0.6) is 0 Å². The average molecular weight is 364 g/mol. The van der Waals surface area contributed by atoms with Crippen molar-refractivity contribution in [2.24, 2.45) is 0 Å². The molecular formula is C21H21FN4O.